The van der Waals surface area contributed by atoms with Gasteiger partial charge in [-0.15, -0.1) is 0 Å². The standard InChI is InChI=1S/C27H36O4/c1-3-4-5-6-7-10-15-22(2)30-25(28)20-21-26(29)31-27(23-16-11-8-12-17-23)24-18-13-9-14-19-24/h8-9,11-14,16-19,22,27H,3-7,10,15,20-21H2,1-2H3. The van der Waals surface area contributed by atoms with E-state index in [0.29, 0.717) is 0 Å². The average molecular weight is 425 g/mol. The Morgan fingerprint density at radius 1 is 0.710 bits per heavy atom. The molecule has 0 aliphatic carbocycles. The predicted molar refractivity (Wildman–Crippen MR) is 124 cm³/mol. The molecule has 31 heavy (non-hydrogen) atoms. The van der Waals surface area contributed by atoms with Crippen LogP contribution in [0.1, 0.15) is 88.9 Å². The molecule has 0 saturated carbocycles. The Hall–Kier alpha value is -2.62. The van der Waals surface area contributed by atoms with Gasteiger partial charge in [0.05, 0.1) is 18.9 Å². The molecule has 168 valence electrons. The Labute approximate surface area is 187 Å². The first kappa shape index (κ1) is 24.6. The third kappa shape index (κ3) is 9.82. The lowest BCUT2D eigenvalue weighted by Crippen LogP contribution is -2.18. The van der Waals surface area contributed by atoms with Gasteiger partial charge in [0.15, 0.2) is 6.10 Å². The molecule has 0 aliphatic heterocycles. The number of ether oxygens (including phenoxy) is 2. The first-order valence-corrected chi connectivity index (χ1v) is 11.6. The largest absolute Gasteiger partial charge is 0.463 e. The average Bonchev–Trinajstić information content (AvgIpc) is 2.79. The second-order valence-electron chi connectivity index (χ2n) is 8.05. The highest BCUT2D eigenvalue weighted by Gasteiger charge is 2.20. The van der Waals surface area contributed by atoms with E-state index in [1.807, 2.05) is 67.6 Å². The number of hydrogen-bond acceptors (Lipinski definition) is 4. The zero-order valence-corrected chi connectivity index (χ0v) is 18.9. The van der Waals surface area contributed by atoms with Gasteiger partial charge < -0.3 is 9.47 Å². The molecule has 4 nitrogen and oxygen atoms in total. The van der Waals surface area contributed by atoms with Crippen molar-refractivity contribution in [2.75, 3.05) is 0 Å². The zero-order chi connectivity index (χ0) is 22.3. The molecule has 1 atom stereocenters. The summed E-state index contributed by atoms with van der Waals surface area (Å²) < 4.78 is 11.2. The minimum absolute atomic E-state index is 0.0126. The van der Waals surface area contributed by atoms with Crippen LogP contribution in [0.4, 0.5) is 0 Å². The molecule has 2 aromatic rings. The Morgan fingerprint density at radius 3 is 1.74 bits per heavy atom. The molecule has 0 bridgehead atoms. The predicted octanol–water partition coefficient (Wildman–Crippen LogP) is 6.78. The number of hydrogen-bond donors (Lipinski definition) is 0. The molecule has 2 rings (SSSR count). The smallest absolute Gasteiger partial charge is 0.307 e. The number of carbonyl (C=O) groups excluding carboxylic acids is 2. The van der Waals surface area contributed by atoms with Crippen molar-refractivity contribution in [2.45, 2.75) is 83.8 Å². The lowest BCUT2D eigenvalue weighted by Gasteiger charge is -2.19. The summed E-state index contributed by atoms with van der Waals surface area (Å²) in [6.07, 6.45) is 7.60. The van der Waals surface area contributed by atoms with Crippen molar-refractivity contribution in [3.05, 3.63) is 71.8 Å². The summed E-state index contributed by atoms with van der Waals surface area (Å²) in [6, 6.07) is 19.3. The molecular formula is C27H36O4. The van der Waals surface area contributed by atoms with Gasteiger partial charge in [0.2, 0.25) is 0 Å². The summed E-state index contributed by atoms with van der Waals surface area (Å²) in [4.78, 5) is 24.6. The van der Waals surface area contributed by atoms with E-state index >= 15 is 0 Å². The van der Waals surface area contributed by atoms with Crippen molar-refractivity contribution in [1.29, 1.82) is 0 Å². The molecule has 0 fully saturated rings. The minimum Gasteiger partial charge on any atom is -0.463 e. The molecule has 0 spiro atoms. The van der Waals surface area contributed by atoms with Crippen molar-refractivity contribution in [1.82, 2.24) is 0 Å². The fourth-order valence-electron chi connectivity index (χ4n) is 3.53. The van der Waals surface area contributed by atoms with Gasteiger partial charge >= 0.3 is 11.9 Å². The second kappa shape index (κ2) is 14.4. The van der Waals surface area contributed by atoms with Crippen LogP contribution in [0.5, 0.6) is 0 Å². The number of esters is 2. The second-order valence-corrected chi connectivity index (χ2v) is 8.05. The summed E-state index contributed by atoms with van der Waals surface area (Å²) in [5.74, 6) is -0.746. The summed E-state index contributed by atoms with van der Waals surface area (Å²) >= 11 is 0. The summed E-state index contributed by atoms with van der Waals surface area (Å²) in [6.45, 7) is 4.13. The van der Waals surface area contributed by atoms with Crippen LogP contribution in [0.2, 0.25) is 0 Å². The van der Waals surface area contributed by atoms with E-state index in [9.17, 15) is 9.59 Å². The van der Waals surface area contributed by atoms with Crippen molar-refractivity contribution in [3.8, 4) is 0 Å². The first-order valence-electron chi connectivity index (χ1n) is 11.6. The topological polar surface area (TPSA) is 52.6 Å². The highest BCUT2D eigenvalue weighted by atomic mass is 16.5. The van der Waals surface area contributed by atoms with Gasteiger partial charge in [-0.2, -0.15) is 0 Å². The van der Waals surface area contributed by atoms with E-state index in [-0.39, 0.29) is 24.9 Å². The fraction of sp³-hybridized carbons (Fsp3) is 0.481. The van der Waals surface area contributed by atoms with Gasteiger partial charge in [-0.05, 0) is 30.9 Å². The maximum absolute atomic E-state index is 12.5. The Bertz CT molecular complexity index is 718. The van der Waals surface area contributed by atoms with Crippen molar-refractivity contribution >= 4 is 11.9 Å². The molecule has 0 N–H and O–H groups in total. The van der Waals surface area contributed by atoms with Crippen molar-refractivity contribution < 1.29 is 19.1 Å². The zero-order valence-electron chi connectivity index (χ0n) is 18.9. The van der Waals surface area contributed by atoms with Crippen LogP contribution in [-0.4, -0.2) is 18.0 Å². The number of rotatable bonds is 14. The maximum Gasteiger partial charge on any atom is 0.307 e. The molecule has 0 saturated heterocycles. The molecule has 0 aromatic heterocycles. The molecule has 2 aromatic carbocycles. The van der Waals surface area contributed by atoms with Gasteiger partial charge in [-0.3, -0.25) is 9.59 Å². The van der Waals surface area contributed by atoms with E-state index in [0.717, 1.165) is 24.0 Å². The quantitative estimate of drug-likeness (QED) is 0.248. The molecule has 4 heteroatoms. The van der Waals surface area contributed by atoms with E-state index in [1.165, 1.54) is 32.1 Å². The normalized spacial score (nSPS) is 11.8. The van der Waals surface area contributed by atoms with Gasteiger partial charge in [0.1, 0.15) is 0 Å². The van der Waals surface area contributed by atoms with Gasteiger partial charge in [-0.25, -0.2) is 0 Å². The van der Waals surface area contributed by atoms with Crippen LogP contribution in [0.3, 0.4) is 0 Å². The SMILES string of the molecule is CCCCCCCCC(C)OC(=O)CCC(=O)OC(c1ccccc1)c1ccccc1. The van der Waals surface area contributed by atoms with Crippen LogP contribution < -0.4 is 0 Å². The number of unbranched alkanes of at least 4 members (excludes halogenated alkanes) is 5. The molecule has 0 amide bonds. The summed E-state index contributed by atoms with van der Waals surface area (Å²) in [5, 5.41) is 0. The van der Waals surface area contributed by atoms with E-state index < -0.39 is 12.1 Å². The molecule has 1 unspecified atom stereocenters. The van der Waals surface area contributed by atoms with Crippen molar-refractivity contribution in [3.63, 3.8) is 0 Å². The molecule has 0 radical (unpaired) electrons. The third-order valence-corrected chi connectivity index (χ3v) is 5.28. The fourth-order valence-corrected chi connectivity index (χ4v) is 3.53. The minimum atomic E-state index is -0.488. The van der Waals surface area contributed by atoms with Crippen LogP contribution in [0.15, 0.2) is 60.7 Å². The van der Waals surface area contributed by atoms with Gasteiger partial charge in [-0.1, -0.05) is 99.7 Å². The molecule has 0 heterocycles. The van der Waals surface area contributed by atoms with Crippen LogP contribution in [0, 0.1) is 0 Å². The first-order chi connectivity index (χ1) is 15.1. The number of benzene rings is 2. The maximum atomic E-state index is 12.5. The molecular weight excluding hydrogens is 388 g/mol. The highest BCUT2D eigenvalue weighted by molar-refractivity contribution is 5.78. The van der Waals surface area contributed by atoms with Crippen LogP contribution >= 0.6 is 0 Å². The van der Waals surface area contributed by atoms with E-state index in [4.69, 9.17) is 9.47 Å². The van der Waals surface area contributed by atoms with Gasteiger partial charge in [0.25, 0.3) is 0 Å². The monoisotopic (exact) mass is 424 g/mol. The van der Waals surface area contributed by atoms with Gasteiger partial charge in [0, 0.05) is 0 Å². The highest BCUT2D eigenvalue weighted by Crippen LogP contribution is 2.26. The van der Waals surface area contributed by atoms with E-state index in [1.54, 1.807) is 0 Å². The van der Waals surface area contributed by atoms with E-state index in [2.05, 4.69) is 6.92 Å². The Morgan fingerprint density at radius 2 is 1.19 bits per heavy atom. The third-order valence-electron chi connectivity index (χ3n) is 5.28. The lowest BCUT2D eigenvalue weighted by molar-refractivity contribution is -0.155. The summed E-state index contributed by atoms with van der Waals surface area (Å²) in [5.41, 5.74) is 1.80. The molecule has 0 aliphatic rings. The Balaban J connectivity index is 1.75. The Kier molecular flexibility index (Phi) is 11.4. The van der Waals surface area contributed by atoms with Crippen LogP contribution in [-0.2, 0) is 19.1 Å². The number of carbonyl (C=O) groups is 2. The summed E-state index contributed by atoms with van der Waals surface area (Å²) in [7, 11) is 0. The van der Waals surface area contributed by atoms with Crippen molar-refractivity contribution in [2.24, 2.45) is 0 Å². The van der Waals surface area contributed by atoms with Crippen LogP contribution in [0.25, 0.3) is 0 Å². The lowest BCUT2D eigenvalue weighted by atomic mass is 10.0.